The molecule has 0 atom stereocenters. The Kier molecular flexibility index (Phi) is 4.80. The molecule has 2 N–H and O–H groups in total. The van der Waals surface area contributed by atoms with E-state index in [0.29, 0.717) is 12.8 Å². The SMILES string of the molecule is CCCCc1ccc(N(C)C(N)=O)cc1C(F)(F)F. The second kappa shape index (κ2) is 5.95. The molecule has 0 saturated carbocycles. The lowest BCUT2D eigenvalue weighted by atomic mass is 10.0. The van der Waals surface area contributed by atoms with Crippen LogP contribution in [0.2, 0.25) is 0 Å². The summed E-state index contributed by atoms with van der Waals surface area (Å²) in [5.74, 6) is 0. The fourth-order valence-electron chi connectivity index (χ4n) is 1.75. The van der Waals surface area contributed by atoms with Crippen LogP contribution in [0.3, 0.4) is 0 Å². The first-order chi connectivity index (χ1) is 8.77. The highest BCUT2D eigenvalue weighted by Crippen LogP contribution is 2.35. The van der Waals surface area contributed by atoms with E-state index in [4.69, 9.17) is 5.73 Å². The predicted octanol–water partition coefficient (Wildman–Crippen LogP) is 3.56. The molecule has 0 aliphatic carbocycles. The molecule has 106 valence electrons. The molecule has 0 aromatic heterocycles. The lowest BCUT2D eigenvalue weighted by molar-refractivity contribution is -0.138. The van der Waals surface area contributed by atoms with E-state index < -0.39 is 17.8 Å². The molecule has 0 spiro atoms. The maximum atomic E-state index is 13.0. The first-order valence-electron chi connectivity index (χ1n) is 6.00. The van der Waals surface area contributed by atoms with Gasteiger partial charge in [-0.2, -0.15) is 13.2 Å². The van der Waals surface area contributed by atoms with Crippen LogP contribution in [-0.4, -0.2) is 13.1 Å². The summed E-state index contributed by atoms with van der Waals surface area (Å²) in [6, 6.07) is 3.06. The molecule has 0 bridgehead atoms. The van der Waals surface area contributed by atoms with E-state index >= 15 is 0 Å². The number of carbonyl (C=O) groups is 1. The number of hydrogen-bond donors (Lipinski definition) is 1. The number of halogens is 3. The highest BCUT2D eigenvalue weighted by molar-refractivity contribution is 5.90. The van der Waals surface area contributed by atoms with Gasteiger partial charge in [-0.3, -0.25) is 4.90 Å². The van der Waals surface area contributed by atoms with E-state index in [1.54, 1.807) is 0 Å². The maximum absolute atomic E-state index is 13.0. The highest BCUT2D eigenvalue weighted by Gasteiger charge is 2.33. The predicted molar refractivity (Wildman–Crippen MR) is 68.0 cm³/mol. The lowest BCUT2D eigenvalue weighted by Crippen LogP contribution is -2.32. The van der Waals surface area contributed by atoms with Crippen LogP contribution in [0.1, 0.15) is 30.9 Å². The molecule has 1 aromatic rings. The van der Waals surface area contributed by atoms with Gasteiger partial charge in [0.05, 0.1) is 5.56 Å². The normalized spacial score (nSPS) is 11.4. The minimum Gasteiger partial charge on any atom is -0.351 e. The topological polar surface area (TPSA) is 46.3 Å². The minimum absolute atomic E-state index is 0.139. The Morgan fingerprint density at radius 1 is 1.37 bits per heavy atom. The summed E-state index contributed by atoms with van der Waals surface area (Å²) in [5, 5.41) is 0. The molecule has 0 aliphatic heterocycles. The van der Waals surface area contributed by atoms with E-state index in [2.05, 4.69) is 0 Å². The van der Waals surface area contributed by atoms with Crippen LogP contribution in [0, 0.1) is 0 Å². The van der Waals surface area contributed by atoms with Gasteiger partial charge in [0.1, 0.15) is 0 Å². The number of unbranched alkanes of at least 4 members (excludes halogenated alkanes) is 1. The Labute approximate surface area is 110 Å². The Balaban J connectivity index is 3.19. The van der Waals surface area contributed by atoms with Gasteiger partial charge in [0.15, 0.2) is 0 Å². The summed E-state index contributed by atoms with van der Waals surface area (Å²) >= 11 is 0. The number of nitrogens with zero attached hydrogens (tertiary/aromatic N) is 1. The third-order valence-corrected chi connectivity index (χ3v) is 2.92. The molecule has 1 rings (SSSR count). The summed E-state index contributed by atoms with van der Waals surface area (Å²) in [7, 11) is 1.34. The summed E-state index contributed by atoms with van der Waals surface area (Å²) < 4.78 is 39.0. The second-order valence-electron chi connectivity index (χ2n) is 4.34. The molecular formula is C13H17F3N2O. The van der Waals surface area contributed by atoms with E-state index in [1.807, 2.05) is 6.92 Å². The number of anilines is 1. The van der Waals surface area contributed by atoms with Gasteiger partial charge in [0, 0.05) is 12.7 Å². The molecule has 19 heavy (non-hydrogen) atoms. The van der Waals surface area contributed by atoms with E-state index in [0.717, 1.165) is 17.4 Å². The van der Waals surface area contributed by atoms with Gasteiger partial charge in [-0.1, -0.05) is 19.4 Å². The van der Waals surface area contributed by atoms with Crippen LogP contribution in [0.25, 0.3) is 0 Å². The molecule has 0 unspecified atom stereocenters. The van der Waals surface area contributed by atoms with Crippen LogP contribution in [0.4, 0.5) is 23.7 Å². The number of benzene rings is 1. The Bertz CT molecular complexity index is 458. The molecule has 2 amide bonds. The number of primary amides is 1. The maximum Gasteiger partial charge on any atom is 0.416 e. The summed E-state index contributed by atoms with van der Waals surface area (Å²) in [6.07, 6.45) is -2.56. The fourth-order valence-corrected chi connectivity index (χ4v) is 1.75. The molecule has 6 heteroatoms. The first-order valence-corrected chi connectivity index (χ1v) is 6.00. The molecular weight excluding hydrogens is 257 g/mol. The molecule has 3 nitrogen and oxygen atoms in total. The van der Waals surface area contributed by atoms with Crippen LogP contribution in [0.15, 0.2) is 18.2 Å². The Morgan fingerprint density at radius 2 is 2.00 bits per heavy atom. The number of aryl methyl sites for hydroxylation is 1. The summed E-state index contributed by atoms with van der Waals surface area (Å²) in [5.41, 5.74) is 4.73. The van der Waals surface area contributed by atoms with Crippen molar-refractivity contribution in [2.45, 2.75) is 32.4 Å². The highest BCUT2D eigenvalue weighted by atomic mass is 19.4. The standard InChI is InChI=1S/C13H17F3N2O/c1-3-4-5-9-6-7-10(18(2)12(17)19)8-11(9)13(14,15)16/h6-8H,3-5H2,1-2H3,(H2,17,19). The van der Waals surface area contributed by atoms with Crippen molar-refractivity contribution in [3.05, 3.63) is 29.3 Å². The number of urea groups is 1. The van der Waals surface area contributed by atoms with Crippen molar-refractivity contribution in [2.75, 3.05) is 11.9 Å². The Morgan fingerprint density at radius 3 is 2.47 bits per heavy atom. The van der Waals surface area contributed by atoms with Gasteiger partial charge in [-0.15, -0.1) is 0 Å². The van der Waals surface area contributed by atoms with E-state index in [9.17, 15) is 18.0 Å². The number of amides is 2. The number of alkyl halides is 3. The van der Waals surface area contributed by atoms with Gasteiger partial charge in [0.25, 0.3) is 0 Å². The molecule has 0 fully saturated rings. The number of hydrogen-bond acceptors (Lipinski definition) is 1. The van der Waals surface area contributed by atoms with Gasteiger partial charge < -0.3 is 5.73 Å². The third-order valence-electron chi connectivity index (χ3n) is 2.92. The molecule has 0 aliphatic rings. The number of carbonyl (C=O) groups excluding carboxylic acids is 1. The average molecular weight is 274 g/mol. The van der Waals surface area contributed by atoms with E-state index in [1.165, 1.54) is 19.2 Å². The number of nitrogens with two attached hydrogens (primary N) is 1. The van der Waals surface area contributed by atoms with Crippen molar-refractivity contribution in [1.29, 1.82) is 0 Å². The first kappa shape index (κ1) is 15.3. The zero-order valence-electron chi connectivity index (χ0n) is 10.9. The van der Waals surface area contributed by atoms with Gasteiger partial charge in [-0.25, -0.2) is 4.79 Å². The smallest absolute Gasteiger partial charge is 0.351 e. The average Bonchev–Trinajstić information content (AvgIpc) is 2.34. The van der Waals surface area contributed by atoms with Crippen LogP contribution < -0.4 is 10.6 Å². The lowest BCUT2D eigenvalue weighted by Gasteiger charge is -2.19. The molecule has 0 saturated heterocycles. The summed E-state index contributed by atoms with van der Waals surface area (Å²) in [4.78, 5) is 12.0. The Hall–Kier alpha value is -1.72. The van der Waals surface area contributed by atoms with Gasteiger partial charge in [0.2, 0.25) is 0 Å². The van der Waals surface area contributed by atoms with Crippen LogP contribution in [-0.2, 0) is 12.6 Å². The minimum atomic E-state index is -4.43. The van der Waals surface area contributed by atoms with Crippen LogP contribution >= 0.6 is 0 Å². The van der Waals surface area contributed by atoms with Crippen molar-refractivity contribution >= 4 is 11.7 Å². The zero-order chi connectivity index (χ0) is 14.6. The van der Waals surface area contributed by atoms with E-state index in [-0.39, 0.29) is 11.3 Å². The van der Waals surface area contributed by atoms with Crippen molar-refractivity contribution in [1.82, 2.24) is 0 Å². The van der Waals surface area contributed by atoms with Gasteiger partial charge >= 0.3 is 12.2 Å². The summed E-state index contributed by atoms with van der Waals surface area (Å²) in [6.45, 7) is 1.92. The van der Waals surface area contributed by atoms with Crippen molar-refractivity contribution in [3.63, 3.8) is 0 Å². The second-order valence-corrected chi connectivity index (χ2v) is 4.34. The quantitative estimate of drug-likeness (QED) is 0.896. The zero-order valence-corrected chi connectivity index (χ0v) is 10.9. The van der Waals surface area contributed by atoms with Gasteiger partial charge in [-0.05, 0) is 30.5 Å². The fraction of sp³-hybridized carbons (Fsp3) is 0.462. The third kappa shape index (κ3) is 3.87. The van der Waals surface area contributed by atoms with Crippen LogP contribution in [0.5, 0.6) is 0 Å². The van der Waals surface area contributed by atoms with Crippen molar-refractivity contribution in [2.24, 2.45) is 5.73 Å². The number of rotatable bonds is 4. The van der Waals surface area contributed by atoms with Crippen molar-refractivity contribution < 1.29 is 18.0 Å². The molecule has 0 heterocycles. The molecule has 0 radical (unpaired) electrons. The largest absolute Gasteiger partial charge is 0.416 e. The van der Waals surface area contributed by atoms with Crippen molar-refractivity contribution in [3.8, 4) is 0 Å². The monoisotopic (exact) mass is 274 g/mol. The molecule has 1 aromatic carbocycles.